The van der Waals surface area contributed by atoms with Crippen LogP contribution in [0.1, 0.15) is 38.7 Å². The van der Waals surface area contributed by atoms with E-state index in [2.05, 4.69) is 5.32 Å². The molecule has 0 unspecified atom stereocenters. The summed E-state index contributed by atoms with van der Waals surface area (Å²) in [6.45, 7) is 3.45. The Labute approximate surface area is 164 Å². The maximum atomic E-state index is 11.7. The third-order valence-corrected chi connectivity index (χ3v) is 3.38. The van der Waals surface area contributed by atoms with Crippen molar-refractivity contribution in [3.05, 3.63) is 35.9 Å². The topological polar surface area (TPSA) is 118 Å². The zero-order valence-corrected chi connectivity index (χ0v) is 16.2. The van der Waals surface area contributed by atoms with Gasteiger partial charge in [-0.15, -0.1) is 0 Å². The van der Waals surface area contributed by atoms with Crippen molar-refractivity contribution in [2.45, 2.75) is 39.5 Å². The van der Waals surface area contributed by atoms with Gasteiger partial charge in [0.15, 0.2) is 0 Å². The van der Waals surface area contributed by atoms with E-state index in [1.165, 1.54) is 6.92 Å². The summed E-state index contributed by atoms with van der Waals surface area (Å²) in [4.78, 5) is 39.1. The Hall–Kier alpha value is -3.10. The fourth-order valence-corrected chi connectivity index (χ4v) is 2.13. The largest absolute Gasteiger partial charge is 0.466 e. The third-order valence-electron chi connectivity index (χ3n) is 3.38. The number of esters is 1. The Morgan fingerprint density at radius 1 is 1.11 bits per heavy atom. The van der Waals surface area contributed by atoms with Crippen LogP contribution in [0, 0.1) is 5.41 Å². The summed E-state index contributed by atoms with van der Waals surface area (Å²) >= 11 is 0. The van der Waals surface area contributed by atoms with Crippen molar-refractivity contribution in [1.29, 1.82) is 5.41 Å². The second kappa shape index (κ2) is 13.1. The lowest BCUT2D eigenvalue weighted by atomic mass is 10.1. The smallest absolute Gasteiger partial charge is 0.414 e. The fraction of sp³-hybridized carbons (Fsp3) is 0.474. The highest BCUT2D eigenvalue weighted by atomic mass is 16.7. The van der Waals surface area contributed by atoms with Crippen LogP contribution in [0.25, 0.3) is 0 Å². The number of hydroxylamine groups is 2. The molecular formula is C19H27N3O6. The first kappa shape index (κ1) is 22.9. The minimum absolute atomic E-state index is 0.0203. The normalized spacial score (nSPS) is 9.93. The second-order valence-electron chi connectivity index (χ2n) is 5.85. The van der Waals surface area contributed by atoms with Crippen molar-refractivity contribution in [3.63, 3.8) is 0 Å². The highest BCUT2D eigenvalue weighted by molar-refractivity contribution is 5.92. The molecule has 1 rings (SSSR count). The van der Waals surface area contributed by atoms with Gasteiger partial charge in [-0.2, -0.15) is 5.06 Å². The first-order valence-corrected chi connectivity index (χ1v) is 9.10. The van der Waals surface area contributed by atoms with Gasteiger partial charge in [0.25, 0.3) is 0 Å². The number of alkyl carbamates (subject to hydrolysis) is 1. The molecule has 0 heterocycles. The summed E-state index contributed by atoms with van der Waals surface area (Å²) in [5.41, 5.74) is 1.06. The van der Waals surface area contributed by atoms with E-state index in [0.717, 1.165) is 10.6 Å². The fourth-order valence-electron chi connectivity index (χ4n) is 2.13. The van der Waals surface area contributed by atoms with Crippen molar-refractivity contribution in [1.82, 2.24) is 10.4 Å². The van der Waals surface area contributed by atoms with Crippen LogP contribution in [0.3, 0.4) is 0 Å². The molecule has 0 saturated heterocycles. The quantitative estimate of drug-likeness (QED) is 0.217. The van der Waals surface area contributed by atoms with Gasteiger partial charge in [0.1, 0.15) is 0 Å². The summed E-state index contributed by atoms with van der Waals surface area (Å²) in [5.74, 6) is -1.30. The van der Waals surface area contributed by atoms with Gasteiger partial charge < -0.3 is 14.3 Å². The van der Waals surface area contributed by atoms with Crippen LogP contribution in [0.5, 0.6) is 0 Å². The Morgan fingerprint density at radius 2 is 1.79 bits per heavy atom. The summed E-state index contributed by atoms with van der Waals surface area (Å²) in [6, 6.07) is 9.63. The van der Waals surface area contributed by atoms with Crippen LogP contribution in [0.4, 0.5) is 4.79 Å². The Kier molecular flexibility index (Phi) is 10.8. The van der Waals surface area contributed by atoms with E-state index in [9.17, 15) is 14.4 Å². The number of aryl methyl sites for hydroxylation is 1. The molecular weight excluding hydrogens is 366 g/mol. The minimum Gasteiger partial charge on any atom is -0.466 e. The van der Waals surface area contributed by atoms with Gasteiger partial charge in [-0.1, -0.05) is 37.3 Å². The van der Waals surface area contributed by atoms with Crippen LogP contribution in [0.15, 0.2) is 30.3 Å². The number of ether oxygens (including phenoxy) is 2. The molecule has 0 aliphatic carbocycles. The van der Waals surface area contributed by atoms with Gasteiger partial charge in [-0.05, 0) is 18.4 Å². The number of nitrogens with one attached hydrogen (secondary N) is 2. The third kappa shape index (κ3) is 10.1. The van der Waals surface area contributed by atoms with E-state index >= 15 is 0 Å². The van der Waals surface area contributed by atoms with Crippen LogP contribution in [-0.2, 0) is 30.3 Å². The van der Waals surface area contributed by atoms with E-state index < -0.39 is 18.0 Å². The maximum absolute atomic E-state index is 11.7. The predicted octanol–water partition coefficient (Wildman–Crippen LogP) is 2.40. The molecule has 1 aromatic rings. The highest BCUT2D eigenvalue weighted by Gasteiger charge is 2.16. The van der Waals surface area contributed by atoms with Crippen LogP contribution in [0.2, 0.25) is 0 Å². The zero-order valence-electron chi connectivity index (χ0n) is 16.2. The van der Waals surface area contributed by atoms with Gasteiger partial charge >= 0.3 is 18.0 Å². The van der Waals surface area contributed by atoms with E-state index in [4.69, 9.17) is 19.7 Å². The molecule has 9 heteroatoms. The summed E-state index contributed by atoms with van der Waals surface area (Å²) in [7, 11) is 0. The first-order valence-electron chi connectivity index (χ1n) is 9.10. The lowest BCUT2D eigenvalue weighted by Crippen LogP contribution is -2.44. The average Bonchev–Trinajstić information content (AvgIpc) is 2.66. The van der Waals surface area contributed by atoms with Crippen molar-refractivity contribution in [3.8, 4) is 0 Å². The van der Waals surface area contributed by atoms with E-state index in [1.807, 2.05) is 37.3 Å². The number of guanidine groups is 1. The van der Waals surface area contributed by atoms with Gasteiger partial charge in [-0.25, -0.2) is 4.79 Å². The minimum atomic E-state index is -0.853. The number of hydrogen-bond acceptors (Lipinski definition) is 7. The molecule has 0 fully saturated rings. The van der Waals surface area contributed by atoms with E-state index in [-0.39, 0.29) is 32.1 Å². The predicted molar refractivity (Wildman–Crippen MR) is 101 cm³/mol. The van der Waals surface area contributed by atoms with Crippen LogP contribution >= 0.6 is 0 Å². The Balaban J connectivity index is 2.15. The molecule has 0 bridgehead atoms. The van der Waals surface area contributed by atoms with Gasteiger partial charge in [-0.3, -0.25) is 20.3 Å². The lowest BCUT2D eigenvalue weighted by molar-refractivity contribution is -0.170. The number of benzene rings is 1. The van der Waals surface area contributed by atoms with Crippen molar-refractivity contribution in [2.75, 3.05) is 19.8 Å². The molecule has 0 aliphatic heterocycles. The molecule has 0 aromatic heterocycles. The van der Waals surface area contributed by atoms with Crippen molar-refractivity contribution < 1.29 is 28.7 Å². The molecule has 2 N–H and O–H groups in total. The van der Waals surface area contributed by atoms with E-state index in [0.29, 0.717) is 19.3 Å². The SMILES string of the molecule is CCCN(OC(C)=O)C(=N)NC(=O)OCCCOC(=O)CCc1ccccc1. The molecule has 1 aromatic carbocycles. The molecule has 0 atom stereocenters. The molecule has 0 radical (unpaired) electrons. The molecule has 28 heavy (non-hydrogen) atoms. The van der Waals surface area contributed by atoms with Crippen molar-refractivity contribution in [2.24, 2.45) is 0 Å². The molecule has 0 spiro atoms. The Bertz CT molecular complexity index is 650. The highest BCUT2D eigenvalue weighted by Crippen LogP contribution is 2.03. The number of carbonyl (C=O) groups excluding carboxylic acids is 3. The lowest BCUT2D eigenvalue weighted by Gasteiger charge is -2.21. The number of hydrogen-bond donors (Lipinski definition) is 2. The Morgan fingerprint density at radius 3 is 2.43 bits per heavy atom. The van der Waals surface area contributed by atoms with Gasteiger partial charge in [0, 0.05) is 19.8 Å². The molecule has 1 amide bonds. The first-order chi connectivity index (χ1) is 13.4. The number of nitrogens with zero attached hydrogens (tertiary/aromatic N) is 1. The van der Waals surface area contributed by atoms with Gasteiger partial charge in [0.05, 0.1) is 19.8 Å². The summed E-state index contributed by atoms with van der Waals surface area (Å²) < 4.78 is 9.99. The zero-order chi connectivity index (χ0) is 20.8. The number of amides is 1. The van der Waals surface area contributed by atoms with Crippen LogP contribution < -0.4 is 5.32 Å². The summed E-state index contributed by atoms with van der Waals surface area (Å²) in [5, 5.41) is 10.9. The standard InChI is InChI=1S/C19H27N3O6/c1-3-12-22(28-15(2)23)18(20)21-19(25)27-14-7-13-26-17(24)11-10-16-8-5-4-6-9-16/h4-6,8-9H,3,7,10-14H2,1-2H3,(H2,20,21,25). The summed E-state index contributed by atoms with van der Waals surface area (Å²) in [6.07, 6.45) is 0.986. The maximum Gasteiger partial charge on any atom is 0.414 e. The average molecular weight is 393 g/mol. The number of carbonyl (C=O) groups is 3. The molecule has 154 valence electrons. The number of rotatable bonds is 9. The second-order valence-corrected chi connectivity index (χ2v) is 5.85. The van der Waals surface area contributed by atoms with E-state index in [1.54, 1.807) is 0 Å². The van der Waals surface area contributed by atoms with Crippen molar-refractivity contribution >= 4 is 24.0 Å². The van der Waals surface area contributed by atoms with Gasteiger partial charge in [0.2, 0.25) is 5.96 Å². The van der Waals surface area contributed by atoms with Crippen LogP contribution in [-0.4, -0.2) is 48.8 Å². The molecule has 0 saturated carbocycles. The molecule has 9 nitrogen and oxygen atoms in total. The molecule has 0 aliphatic rings. The monoisotopic (exact) mass is 393 g/mol.